The molecule has 142 valence electrons. The van der Waals surface area contributed by atoms with Crippen LogP contribution in [0.15, 0.2) is 72.0 Å². The first kappa shape index (κ1) is 18.1. The fourth-order valence-electron chi connectivity index (χ4n) is 2.94. The van der Waals surface area contributed by atoms with Gasteiger partial charge in [-0.15, -0.1) is 11.3 Å². The van der Waals surface area contributed by atoms with Crippen LogP contribution in [0.3, 0.4) is 0 Å². The molecule has 3 aromatic rings. The van der Waals surface area contributed by atoms with Crippen LogP contribution in [0.4, 0.5) is 0 Å². The lowest BCUT2D eigenvalue weighted by molar-refractivity contribution is 0.0285. The van der Waals surface area contributed by atoms with Gasteiger partial charge in [-0.1, -0.05) is 48.0 Å². The smallest absolute Gasteiger partial charge is 0.355 e. The monoisotopic (exact) mass is 395 g/mol. The molecule has 28 heavy (non-hydrogen) atoms. The average Bonchev–Trinajstić information content (AvgIpc) is 3.40. The second-order valence-electron chi connectivity index (χ2n) is 6.22. The number of rotatable bonds is 6. The number of nitrogens with zero attached hydrogens (tertiary/aromatic N) is 1. The van der Waals surface area contributed by atoms with E-state index in [0.717, 1.165) is 11.1 Å². The lowest BCUT2D eigenvalue weighted by atomic mass is 9.91. The number of thiazole rings is 1. The van der Waals surface area contributed by atoms with E-state index in [-0.39, 0.29) is 12.5 Å². The van der Waals surface area contributed by atoms with Gasteiger partial charge in [-0.2, -0.15) is 0 Å². The summed E-state index contributed by atoms with van der Waals surface area (Å²) in [6.07, 6.45) is 1.49. The Morgan fingerprint density at radius 1 is 1.18 bits per heavy atom. The number of aromatic carboxylic acids is 1. The summed E-state index contributed by atoms with van der Waals surface area (Å²) in [4.78, 5) is 15.8. The summed E-state index contributed by atoms with van der Waals surface area (Å²) < 4.78 is 17.5. The number of aromatic nitrogens is 1. The van der Waals surface area contributed by atoms with Gasteiger partial charge in [-0.05, 0) is 19.1 Å². The van der Waals surface area contributed by atoms with Gasteiger partial charge in [0.15, 0.2) is 16.5 Å². The molecule has 0 fully saturated rings. The molecule has 2 aromatic carbocycles. The van der Waals surface area contributed by atoms with Crippen LogP contribution in [-0.4, -0.2) is 22.9 Å². The predicted octanol–water partition coefficient (Wildman–Crippen LogP) is 4.32. The van der Waals surface area contributed by atoms with Gasteiger partial charge in [0.05, 0.1) is 0 Å². The molecule has 0 spiro atoms. The highest BCUT2D eigenvalue weighted by molar-refractivity contribution is 7.10. The van der Waals surface area contributed by atoms with E-state index < -0.39 is 11.6 Å². The zero-order chi connectivity index (χ0) is 19.6. The number of carboxylic acids is 1. The molecule has 2 heterocycles. The molecule has 1 aliphatic rings. The summed E-state index contributed by atoms with van der Waals surface area (Å²) in [5, 5.41) is 11.3. The molecule has 0 saturated carbocycles. The Hall–Kier alpha value is -3.32. The highest BCUT2D eigenvalue weighted by Crippen LogP contribution is 2.44. The van der Waals surface area contributed by atoms with Crippen LogP contribution in [0.2, 0.25) is 0 Å². The van der Waals surface area contributed by atoms with E-state index in [1.54, 1.807) is 0 Å². The molecule has 1 unspecified atom stereocenters. The minimum Gasteiger partial charge on any atom is -0.476 e. The fraction of sp³-hybridized carbons (Fsp3) is 0.143. The first-order valence-electron chi connectivity index (χ1n) is 8.55. The SMILES string of the molecule is Cc1ccc(C(Oc2ccccc2)(C2=COCO2)c2nc(C(=O)O)cs2)cc1. The number of benzene rings is 2. The quantitative estimate of drug-likeness (QED) is 0.670. The lowest BCUT2D eigenvalue weighted by Gasteiger charge is -2.32. The Bertz CT molecular complexity index is 1010. The van der Waals surface area contributed by atoms with Gasteiger partial charge in [0.25, 0.3) is 0 Å². The Morgan fingerprint density at radius 2 is 1.93 bits per heavy atom. The summed E-state index contributed by atoms with van der Waals surface area (Å²) in [6, 6.07) is 17.0. The Morgan fingerprint density at radius 3 is 2.54 bits per heavy atom. The Kier molecular flexibility index (Phi) is 4.75. The van der Waals surface area contributed by atoms with E-state index in [0.29, 0.717) is 16.5 Å². The number of aryl methyl sites for hydroxylation is 1. The van der Waals surface area contributed by atoms with Gasteiger partial charge in [0, 0.05) is 10.9 Å². The van der Waals surface area contributed by atoms with Crippen molar-refractivity contribution in [1.29, 1.82) is 0 Å². The normalized spacial score (nSPS) is 15.1. The van der Waals surface area contributed by atoms with E-state index in [1.807, 2.05) is 61.5 Å². The van der Waals surface area contributed by atoms with Gasteiger partial charge >= 0.3 is 5.97 Å². The standard InChI is InChI=1S/C21H17NO5S/c1-14-7-9-15(10-8-14)21(18-11-25-13-26-18,27-16-5-3-2-4-6-16)20-22-17(12-28-20)19(23)24/h2-12H,13H2,1H3,(H,23,24). The van der Waals surface area contributed by atoms with Crippen molar-refractivity contribution in [3.05, 3.63) is 93.8 Å². The van der Waals surface area contributed by atoms with Crippen molar-refractivity contribution >= 4 is 17.3 Å². The van der Waals surface area contributed by atoms with Crippen LogP contribution in [0.25, 0.3) is 0 Å². The van der Waals surface area contributed by atoms with E-state index >= 15 is 0 Å². The van der Waals surface area contributed by atoms with Gasteiger partial charge in [-0.3, -0.25) is 0 Å². The van der Waals surface area contributed by atoms with E-state index in [4.69, 9.17) is 14.2 Å². The first-order valence-corrected chi connectivity index (χ1v) is 9.43. The van der Waals surface area contributed by atoms with Crippen molar-refractivity contribution in [2.24, 2.45) is 0 Å². The topological polar surface area (TPSA) is 77.9 Å². The minimum atomic E-state index is -1.27. The molecule has 0 bridgehead atoms. The number of hydrogen-bond donors (Lipinski definition) is 1. The third-order valence-electron chi connectivity index (χ3n) is 4.32. The largest absolute Gasteiger partial charge is 0.476 e. The third kappa shape index (κ3) is 3.20. The number of carbonyl (C=O) groups is 1. The van der Waals surface area contributed by atoms with E-state index in [2.05, 4.69) is 4.98 Å². The summed E-state index contributed by atoms with van der Waals surface area (Å²) >= 11 is 1.20. The number of ether oxygens (including phenoxy) is 3. The molecular weight excluding hydrogens is 378 g/mol. The predicted molar refractivity (Wildman–Crippen MR) is 103 cm³/mol. The summed E-state index contributed by atoms with van der Waals surface area (Å²) in [6.45, 7) is 2.04. The second kappa shape index (κ2) is 7.36. The maximum absolute atomic E-state index is 11.4. The van der Waals surface area contributed by atoms with Crippen LogP contribution in [-0.2, 0) is 15.1 Å². The molecule has 1 N–H and O–H groups in total. The molecule has 6 nitrogen and oxygen atoms in total. The van der Waals surface area contributed by atoms with Gasteiger partial charge in [-0.25, -0.2) is 9.78 Å². The van der Waals surface area contributed by atoms with Gasteiger partial charge < -0.3 is 19.3 Å². The molecule has 4 rings (SSSR count). The zero-order valence-electron chi connectivity index (χ0n) is 15.0. The van der Waals surface area contributed by atoms with Crippen LogP contribution < -0.4 is 4.74 Å². The number of para-hydroxylation sites is 1. The summed E-state index contributed by atoms with van der Waals surface area (Å²) in [5.74, 6) is -0.101. The number of carboxylic acid groups (broad SMARTS) is 1. The third-order valence-corrected chi connectivity index (χ3v) is 5.26. The van der Waals surface area contributed by atoms with E-state index in [9.17, 15) is 9.90 Å². The highest BCUT2D eigenvalue weighted by Gasteiger charge is 2.47. The number of hydrogen-bond acceptors (Lipinski definition) is 6. The molecule has 1 atom stereocenters. The summed E-state index contributed by atoms with van der Waals surface area (Å²) in [5.41, 5.74) is 0.516. The molecule has 7 heteroatoms. The van der Waals surface area contributed by atoms with Crippen LogP contribution in [0, 0.1) is 6.92 Å². The molecule has 0 aliphatic carbocycles. The molecule has 1 aliphatic heterocycles. The lowest BCUT2D eigenvalue weighted by Crippen LogP contribution is -2.37. The summed E-state index contributed by atoms with van der Waals surface area (Å²) in [7, 11) is 0. The fourth-order valence-corrected chi connectivity index (χ4v) is 3.89. The maximum Gasteiger partial charge on any atom is 0.355 e. The Balaban J connectivity index is 1.95. The molecular formula is C21H17NO5S. The van der Waals surface area contributed by atoms with Crippen molar-refractivity contribution in [2.75, 3.05) is 6.79 Å². The first-order chi connectivity index (χ1) is 13.6. The molecule has 0 saturated heterocycles. The van der Waals surface area contributed by atoms with Crippen molar-refractivity contribution < 1.29 is 24.1 Å². The minimum absolute atomic E-state index is 0.0485. The van der Waals surface area contributed by atoms with Crippen LogP contribution in [0.5, 0.6) is 5.75 Å². The maximum atomic E-state index is 11.4. The Labute approximate surface area is 165 Å². The second-order valence-corrected chi connectivity index (χ2v) is 7.07. The zero-order valence-corrected chi connectivity index (χ0v) is 15.8. The van der Waals surface area contributed by atoms with Crippen molar-refractivity contribution in [3.63, 3.8) is 0 Å². The highest BCUT2D eigenvalue weighted by atomic mass is 32.1. The van der Waals surface area contributed by atoms with Crippen LogP contribution in [0.1, 0.15) is 26.6 Å². The van der Waals surface area contributed by atoms with Crippen molar-refractivity contribution in [1.82, 2.24) is 4.98 Å². The molecule has 1 aromatic heterocycles. The van der Waals surface area contributed by atoms with Gasteiger partial charge in [0.1, 0.15) is 12.0 Å². The van der Waals surface area contributed by atoms with Crippen molar-refractivity contribution in [2.45, 2.75) is 12.5 Å². The molecule has 0 amide bonds. The van der Waals surface area contributed by atoms with E-state index in [1.165, 1.54) is 23.0 Å². The molecule has 0 radical (unpaired) electrons. The van der Waals surface area contributed by atoms with Gasteiger partial charge in [0.2, 0.25) is 12.4 Å². The van der Waals surface area contributed by atoms with Crippen molar-refractivity contribution in [3.8, 4) is 5.75 Å². The van der Waals surface area contributed by atoms with Crippen LogP contribution >= 0.6 is 11.3 Å². The average molecular weight is 395 g/mol.